The van der Waals surface area contributed by atoms with Gasteiger partial charge in [0.1, 0.15) is 18.2 Å². The number of nitrogens with zero attached hydrogens (tertiary/aromatic N) is 3. The van der Waals surface area contributed by atoms with Gasteiger partial charge in [-0.05, 0) is 65.6 Å². The number of hydrogen-bond donors (Lipinski definition) is 2. The maximum absolute atomic E-state index is 13.3. The maximum atomic E-state index is 13.3. The Morgan fingerprint density at radius 1 is 1.00 bits per heavy atom. The molecule has 2 N–H and O–H groups in total. The topological polar surface area (TPSA) is 114 Å². The molecule has 3 aromatic carbocycles. The minimum absolute atomic E-state index is 0.163. The third-order valence-corrected chi connectivity index (χ3v) is 7.91. The Labute approximate surface area is 240 Å². The molecule has 0 atom stereocenters. The van der Waals surface area contributed by atoms with E-state index in [0.29, 0.717) is 36.0 Å². The number of fused-ring (bicyclic) bond motifs is 2. The van der Waals surface area contributed by atoms with Crippen LogP contribution in [0.15, 0.2) is 78.9 Å². The maximum Gasteiger partial charge on any atom is 0.358 e. The van der Waals surface area contributed by atoms with Gasteiger partial charge in [-0.3, -0.25) is 10.1 Å². The Morgan fingerprint density at radius 3 is 2.61 bits per heavy atom. The number of ether oxygens (including phenoxy) is 2. The second-order valence-electron chi connectivity index (χ2n) is 9.51. The van der Waals surface area contributed by atoms with E-state index in [1.165, 1.54) is 11.3 Å². The first-order valence-electron chi connectivity index (χ1n) is 13.0. The first-order chi connectivity index (χ1) is 20.0. The highest BCUT2D eigenvalue weighted by Crippen LogP contribution is 2.30. The lowest BCUT2D eigenvalue weighted by molar-refractivity contribution is 0.0684. The molecule has 10 heteroatoms. The van der Waals surface area contributed by atoms with Crippen LogP contribution in [0.3, 0.4) is 0 Å². The molecule has 0 aliphatic carbocycles. The monoisotopic (exact) mass is 566 g/mol. The van der Waals surface area contributed by atoms with E-state index < -0.39 is 5.97 Å². The minimum atomic E-state index is -1.18. The van der Waals surface area contributed by atoms with Crippen LogP contribution in [0.1, 0.15) is 37.5 Å². The quantitative estimate of drug-likeness (QED) is 0.243. The highest BCUT2D eigenvalue weighted by molar-refractivity contribution is 7.22. The number of benzene rings is 3. The summed E-state index contributed by atoms with van der Waals surface area (Å²) in [5, 5.41) is 13.4. The number of carbonyl (C=O) groups is 2. The molecule has 5 aromatic rings. The van der Waals surface area contributed by atoms with Crippen LogP contribution in [0.25, 0.3) is 10.2 Å². The zero-order valence-corrected chi connectivity index (χ0v) is 23.0. The second-order valence-corrected chi connectivity index (χ2v) is 10.5. The number of carbonyl (C=O) groups excluding carboxylic acids is 1. The van der Waals surface area contributed by atoms with Crippen LogP contribution >= 0.6 is 11.3 Å². The molecule has 6 rings (SSSR count). The average molecular weight is 567 g/mol. The van der Waals surface area contributed by atoms with Crippen LogP contribution in [0.2, 0.25) is 0 Å². The highest BCUT2D eigenvalue weighted by Gasteiger charge is 2.25. The SMILES string of the molecule is COc1ccc(COc2ccc(N3CCc4cccc(C(=O)Nc5nc6ccccc6s5)c4C3)nc2C(=O)O)cc1. The largest absolute Gasteiger partial charge is 0.497 e. The van der Waals surface area contributed by atoms with Gasteiger partial charge in [-0.15, -0.1) is 0 Å². The van der Waals surface area contributed by atoms with E-state index in [-0.39, 0.29) is 24.0 Å². The normalized spacial score (nSPS) is 12.6. The summed E-state index contributed by atoms with van der Waals surface area (Å²) in [6.07, 6.45) is 0.692. The molecule has 1 aliphatic heterocycles. The van der Waals surface area contributed by atoms with E-state index in [2.05, 4.69) is 15.3 Å². The summed E-state index contributed by atoms with van der Waals surface area (Å²) in [4.78, 5) is 36.4. The Kier molecular flexibility index (Phi) is 7.22. The van der Waals surface area contributed by atoms with Gasteiger partial charge >= 0.3 is 5.97 Å². The predicted octanol–water partition coefficient (Wildman–Crippen LogP) is 5.79. The number of methoxy groups -OCH3 is 1. The number of nitrogens with one attached hydrogen (secondary N) is 1. The average Bonchev–Trinajstić information content (AvgIpc) is 3.42. The van der Waals surface area contributed by atoms with E-state index in [1.54, 1.807) is 25.3 Å². The van der Waals surface area contributed by atoms with Gasteiger partial charge in [-0.2, -0.15) is 0 Å². The van der Waals surface area contributed by atoms with Gasteiger partial charge < -0.3 is 19.5 Å². The molecule has 41 heavy (non-hydrogen) atoms. The molecular weight excluding hydrogens is 540 g/mol. The lowest BCUT2D eigenvalue weighted by atomic mass is 9.94. The number of carboxylic acid groups (broad SMARTS) is 1. The van der Waals surface area contributed by atoms with Crippen molar-refractivity contribution in [2.75, 3.05) is 23.9 Å². The fraction of sp³-hybridized carbons (Fsp3) is 0.161. The molecule has 0 bridgehead atoms. The fourth-order valence-electron chi connectivity index (χ4n) is 4.84. The van der Waals surface area contributed by atoms with Gasteiger partial charge in [0.25, 0.3) is 5.91 Å². The number of aromatic carboxylic acids is 1. The van der Waals surface area contributed by atoms with E-state index in [1.807, 2.05) is 65.6 Å². The van der Waals surface area contributed by atoms with Gasteiger partial charge in [0.05, 0.1) is 17.3 Å². The number of para-hydroxylation sites is 1. The third kappa shape index (κ3) is 5.55. The van der Waals surface area contributed by atoms with Gasteiger partial charge in [-0.1, -0.05) is 47.7 Å². The smallest absolute Gasteiger partial charge is 0.358 e. The molecule has 206 valence electrons. The lowest BCUT2D eigenvalue weighted by Crippen LogP contribution is -2.33. The van der Waals surface area contributed by atoms with Gasteiger partial charge in [0.2, 0.25) is 0 Å². The summed E-state index contributed by atoms with van der Waals surface area (Å²) in [7, 11) is 1.60. The first-order valence-corrected chi connectivity index (χ1v) is 13.8. The van der Waals surface area contributed by atoms with Crippen LogP contribution < -0.4 is 19.7 Å². The fourth-order valence-corrected chi connectivity index (χ4v) is 5.70. The van der Waals surface area contributed by atoms with Crippen LogP contribution in [-0.2, 0) is 19.6 Å². The number of hydrogen-bond acceptors (Lipinski definition) is 8. The Bertz CT molecular complexity index is 1720. The second kappa shape index (κ2) is 11.3. The van der Waals surface area contributed by atoms with Crippen molar-refractivity contribution in [2.45, 2.75) is 19.6 Å². The summed E-state index contributed by atoms with van der Waals surface area (Å²) in [6.45, 7) is 1.24. The molecule has 1 aliphatic rings. The number of anilines is 2. The van der Waals surface area contributed by atoms with E-state index in [9.17, 15) is 14.7 Å². The van der Waals surface area contributed by atoms with Crippen molar-refractivity contribution in [3.63, 3.8) is 0 Å². The predicted molar refractivity (Wildman–Crippen MR) is 157 cm³/mol. The number of thiazole rings is 1. The number of rotatable bonds is 8. The van der Waals surface area contributed by atoms with Crippen molar-refractivity contribution in [3.05, 3.63) is 107 Å². The van der Waals surface area contributed by atoms with Crippen molar-refractivity contribution in [3.8, 4) is 11.5 Å². The number of aromatic nitrogens is 2. The minimum Gasteiger partial charge on any atom is -0.497 e. The molecule has 0 unspecified atom stereocenters. The van der Waals surface area contributed by atoms with Crippen molar-refractivity contribution in [2.24, 2.45) is 0 Å². The Morgan fingerprint density at radius 2 is 1.83 bits per heavy atom. The zero-order chi connectivity index (χ0) is 28.3. The molecule has 1 amide bonds. The van der Waals surface area contributed by atoms with Crippen molar-refractivity contribution < 1.29 is 24.2 Å². The summed E-state index contributed by atoms with van der Waals surface area (Å²) >= 11 is 1.43. The van der Waals surface area contributed by atoms with Crippen molar-refractivity contribution >= 4 is 44.4 Å². The zero-order valence-electron chi connectivity index (χ0n) is 22.2. The van der Waals surface area contributed by atoms with Gasteiger partial charge in [0.15, 0.2) is 16.6 Å². The van der Waals surface area contributed by atoms with Crippen LogP contribution in [0, 0.1) is 0 Å². The third-order valence-electron chi connectivity index (χ3n) is 6.96. The van der Waals surface area contributed by atoms with Crippen molar-refractivity contribution in [1.82, 2.24) is 9.97 Å². The molecule has 0 spiro atoms. The van der Waals surface area contributed by atoms with Crippen LogP contribution in [0.4, 0.5) is 10.9 Å². The summed E-state index contributed by atoms with van der Waals surface area (Å²) in [5.41, 5.74) is 4.07. The summed E-state index contributed by atoms with van der Waals surface area (Å²) in [5.74, 6) is 0.0113. The first kappa shape index (κ1) is 26.3. The summed E-state index contributed by atoms with van der Waals surface area (Å²) in [6, 6.07) is 24.2. The molecular formula is C31H26N4O5S. The van der Waals surface area contributed by atoms with Crippen LogP contribution in [-0.4, -0.2) is 40.6 Å². The molecule has 2 aromatic heterocycles. The summed E-state index contributed by atoms with van der Waals surface area (Å²) < 4.78 is 12.0. The van der Waals surface area contributed by atoms with E-state index >= 15 is 0 Å². The number of amides is 1. The van der Waals surface area contributed by atoms with Crippen molar-refractivity contribution in [1.29, 1.82) is 0 Å². The number of pyridine rings is 1. The molecule has 0 saturated heterocycles. The molecule has 0 saturated carbocycles. The highest BCUT2D eigenvalue weighted by atomic mass is 32.1. The molecule has 0 radical (unpaired) electrons. The standard InChI is InChI=1S/C31H26N4O5S/c1-39-21-11-9-19(10-12-21)18-40-25-13-14-27(33-28(25)30(37)38)35-16-15-20-5-4-6-22(23(20)17-35)29(36)34-31-32-24-7-2-3-8-26(24)41-31/h2-14H,15-18H2,1H3,(H,37,38)(H,32,34,36). The van der Waals surface area contributed by atoms with E-state index in [4.69, 9.17) is 9.47 Å². The Hall–Kier alpha value is -4.96. The lowest BCUT2D eigenvalue weighted by Gasteiger charge is -2.31. The van der Waals surface area contributed by atoms with E-state index in [0.717, 1.165) is 32.7 Å². The number of carboxylic acids is 1. The van der Waals surface area contributed by atoms with Gasteiger partial charge in [-0.25, -0.2) is 14.8 Å². The van der Waals surface area contributed by atoms with Crippen LogP contribution in [0.5, 0.6) is 11.5 Å². The van der Waals surface area contributed by atoms with Gasteiger partial charge in [0, 0.05) is 18.7 Å². The molecule has 3 heterocycles. The molecule has 9 nitrogen and oxygen atoms in total. The Balaban J connectivity index is 1.21. The molecule has 0 fully saturated rings.